The number of nitrogens with zero attached hydrogens (tertiary/aromatic N) is 2. The molecular weight excluding hydrogens is 140 g/mol. The van der Waals surface area contributed by atoms with Gasteiger partial charge in [0, 0.05) is 0 Å². The molecule has 0 fully saturated rings. The number of aromatic nitrogens is 1. The van der Waals surface area contributed by atoms with E-state index in [1.807, 2.05) is 0 Å². The number of aryl methyl sites for hydroxylation is 1. The Morgan fingerprint density at radius 1 is 1.89 bits per heavy atom. The molecule has 0 saturated heterocycles. The molecule has 0 atom stereocenters. The van der Waals surface area contributed by atoms with E-state index in [-0.39, 0.29) is 5.69 Å². The van der Waals surface area contributed by atoms with Crippen LogP contribution < -0.4 is 0 Å². The van der Waals surface area contributed by atoms with E-state index in [0.29, 0.717) is 5.69 Å². The van der Waals surface area contributed by atoms with Gasteiger partial charge in [0.25, 0.3) is 0 Å². The average Bonchev–Trinajstić information content (AvgIpc) is 2.13. The van der Waals surface area contributed by atoms with Crippen LogP contribution in [0.1, 0.15) is 5.69 Å². The first-order valence-electron chi connectivity index (χ1n) is 2.27. The zero-order chi connectivity index (χ0) is 6.85. The Morgan fingerprint density at radius 3 is 2.78 bits per heavy atom. The van der Waals surface area contributed by atoms with Gasteiger partial charge >= 0.3 is 5.69 Å². The van der Waals surface area contributed by atoms with Crippen molar-refractivity contribution < 1.29 is 4.92 Å². The molecule has 4 nitrogen and oxygen atoms in total. The van der Waals surface area contributed by atoms with Crippen LogP contribution in [0.4, 0.5) is 5.69 Å². The molecule has 9 heavy (non-hydrogen) atoms. The maximum Gasteiger partial charge on any atom is 0.302 e. The SMILES string of the molecule is Cc1nscc1[N+](=O)[O-]. The van der Waals surface area contributed by atoms with Crippen LogP contribution in [0.3, 0.4) is 0 Å². The van der Waals surface area contributed by atoms with E-state index in [1.165, 1.54) is 5.38 Å². The zero-order valence-electron chi connectivity index (χ0n) is 4.70. The summed E-state index contributed by atoms with van der Waals surface area (Å²) in [6, 6.07) is 0. The topological polar surface area (TPSA) is 56.0 Å². The van der Waals surface area contributed by atoms with Gasteiger partial charge in [-0.25, -0.2) is 0 Å². The highest BCUT2D eigenvalue weighted by Crippen LogP contribution is 2.17. The molecule has 1 heterocycles. The van der Waals surface area contributed by atoms with E-state index in [4.69, 9.17) is 0 Å². The third kappa shape index (κ3) is 1.05. The summed E-state index contributed by atoms with van der Waals surface area (Å²) in [7, 11) is 0. The minimum Gasteiger partial charge on any atom is -0.258 e. The minimum absolute atomic E-state index is 0.111. The lowest BCUT2D eigenvalue weighted by Crippen LogP contribution is -1.86. The Hall–Kier alpha value is -0.970. The van der Waals surface area contributed by atoms with Gasteiger partial charge in [-0.2, -0.15) is 4.37 Å². The first kappa shape index (κ1) is 6.15. The molecule has 0 aliphatic carbocycles. The highest BCUT2D eigenvalue weighted by Gasteiger charge is 2.10. The molecule has 1 aromatic heterocycles. The van der Waals surface area contributed by atoms with E-state index in [0.717, 1.165) is 11.5 Å². The summed E-state index contributed by atoms with van der Waals surface area (Å²) in [5.41, 5.74) is 0.602. The normalized spacial score (nSPS) is 9.44. The molecule has 0 amide bonds. The average molecular weight is 144 g/mol. The molecule has 1 aromatic rings. The monoisotopic (exact) mass is 144 g/mol. The molecule has 0 aromatic carbocycles. The summed E-state index contributed by atoms with van der Waals surface area (Å²) in [5, 5.41) is 11.5. The smallest absolute Gasteiger partial charge is 0.258 e. The summed E-state index contributed by atoms with van der Waals surface area (Å²) in [4.78, 5) is 9.62. The molecule has 0 spiro atoms. The number of nitro groups is 1. The van der Waals surface area contributed by atoms with Gasteiger partial charge in [0.2, 0.25) is 0 Å². The molecule has 0 radical (unpaired) electrons. The maximum absolute atomic E-state index is 10.1. The fraction of sp³-hybridized carbons (Fsp3) is 0.250. The lowest BCUT2D eigenvalue weighted by molar-refractivity contribution is -0.385. The molecule has 5 heteroatoms. The lowest BCUT2D eigenvalue weighted by atomic mass is 10.4. The summed E-state index contributed by atoms with van der Waals surface area (Å²) in [6.07, 6.45) is 0. The number of rotatable bonds is 1. The minimum atomic E-state index is -0.432. The molecule has 0 saturated carbocycles. The van der Waals surface area contributed by atoms with Crippen molar-refractivity contribution >= 4 is 17.2 Å². The Bertz CT molecular complexity index is 232. The quantitative estimate of drug-likeness (QED) is 0.441. The molecular formula is C4H4N2O2S. The fourth-order valence-electron chi connectivity index (χ4n) is 0.463. The van der Waals surface area contributed by atoms with Gasteiger partial charge < -0.3 is 0 Å². The molecule has 48 valence electrons. The van der Waals surface area contributed by atoms with Gasteiger partial charge in [-0.15, -0.1) is 0 Å². The molecule has 0 aliphatic heterocycles. The van der Waals surface area contributed by atoms with Crippen molar-refractivity contribution in [3.63, 3.8) is 0 Å². The van der Waals surface area contributed by atoms with Crippen LogP contribution in [-0.2, 0) is 0 Å². The number of hydrogen-bond donors (Lipinski definition) is 0. The molecule has 0 bridgehead atoms. The zero-order valence-corrected chi connectivity index (χ0v) is 5.51. The van der Waals surface area contributed by atoms with E-state index in [9.17, 15) is 10.1 Å². The Labute approximate surface area is 55.5 Å². The van der Waals surface area contributed by atoms with Crippen LogP contribution in [0.5, 0.6) is 0 Å². The van der Waals surface area contributed by atoms with Crippen LogP contribution in [0.15, 0.2) is 5.38 Å². The van der Waals surface area contributed by atoms with Crippen LogP contribution in [-0.4, -0.2) is 9.30 Å². The summed E-state index contributed by atoms with van der Waals surface area (Å²) >= 11 is 1.10. The third-order valence-electron chi connectivity index (χ3n) is 0.921. The largest absolute Gasteiger partial charge is 0.302 e. The Balaban J connectivity index is 3.08. The van der Waals surface area contributed by atoms with E-state index >= 15 is 0 Å². The van der Waals surface area contributed by atoms with Crippen molar-refractivity contribution in [2.75, 3.05) is 0 Å². The third-order valence-corrected chi connectivity index (χ3v) is 1.63. The van der Waals surface area contributed by atoms with Crippen molar-refractivity contribution in [1.29, 1.82) is 0 Å². The summed E-state index contributed by atoms with van der Waals surface area (Å²) < 4.78 is 3.74. The molecule has 0 aliphatic rings. The lowest BCUT2D eigenvalue weighted by Gasteiger charge is -1.82. The first-order chi connectivity index (χ1) is 4.22. The fourth-order valence-corrected chi connectivity index (χ4v) is 1.12. The van der Waals surface area contributed by atoms with Crippen molar-refractivity contribution in [2.45, 2.75) is 6.92 Å². The second-order valence-corrected chi connectivity index (χ2v) is 2.17. The van der Waals surface area contributed by atoms with Gasteiger partial charge in [-0.3, -0.25) is 10.1 Å². The van der Waals surface area contributed by atoms with Crippen LogP contribution in [0.2, 0.25) is 0 Å². The predicted molar refractivity (Wildman–Crippen MR) is 33.5 cm³/mol. The van der Waals surface area contributed by atoms with Gasteiger partial charge in [-0.1, -0.05) is 0 Å². The molecule has 1 rings (SSSR count). The van der Waals surface area contributed by atoms with E-state index < -0.39 is 4.92 Å². The summed E-state index contributed by atoms with van der Waals surface area (Å²) in [5.74, 6) is 0. The highest BCUT2D eigenvalue weighted by molar-refractivity contribution is 7.04. The summed E-state index contributed by atoms with van der Waals surface area (Å²) in [6.45, 7) is 1.62. The van der Waals surface area contributed by atoms with Gasteiger partial charge in [0.05, 0.1) is 10.3 Å². The van der Waals surface area contributed by atoms with Crippen LogP contribution in [0.25, 0.3) is 0 Å². The van der Waals surface area contributed by atoms with E-state index in [1.54, 1.807) is 6.92 Å². The second kappa shape index (κ2) is 2.10. The van der Waals surface area contributed by atoms with Crippen molar-refractivity contribution in [1.82, 2.24) is 4.37 Å². The molecule has 0 N–H and O–H groups in total. The van der Waals surface area contributed by atoms with Gasteiger partial charge in [-0.05, 0) is 18.5 Å². The Kier molecular flexibility index (Phi) is 1.44. The van der Waals surface area contributed by atoms with Crippen LogP contribution >= 0.6 is 11.5 Å². The van der Waals surface area contributed by atoms with E-state index in [2.05, 4.69) is 4.37 Å². The standard InChI is InChI=1S/C4H4N2O2S/c1-3-4(6(7)8)2-9-5-3/h2H,1H3. The highest BCUT2D eigenvalue weighted by atomic mass is 32.1. The predicted octanol–water partition coefficient (Wildman–Crippen LogP) is 1.36. The second-order valence-electron chi connectivity index (χ2n) is 1.54. The van der Waals surface area contributed by atoms with Crippen LogP contribution in [0, 0.1) is 17.0 Å². The number of hydrogen-bond acceptors (Lipinski definition) is 4. The Morgan fingerprint density at radius 2 is 2.56 bits per heavy atom. The van der Waals surface area contributed by atoms with Gasteiger partial charge in [0.1, 0.15) is 5.69 Å². The van der Waals surface area contributed by atoms with Crippen molar-refractivity contribution in [2.24, 2.45) is 0 Å². The first-order valence-corrected chi connectivity index (χ1v) is 3.11. The maximum atomic E-state index is 10.1. The van der Waals surface area contributed by atoms with Gasteiger partial charge in [0.15, 0.2) is 0 Å². The van der Waals surface area contributed by atoms with Crippen molar-refractivity contribution in [3.8, 4) is 0 Å². The molecule has 0 unspecified atom stereocenters. The van der Waals surface area contributed by atoms with Crippen molar-refractivity contribution in [3.05, 3.63) is 21.2 Å².